The third-order valence-electron chi connectivity index (χ3n) is 3.43. The van der Waals surface area contributed by atoms with Gasteiger partial charge in [0.15, 0.2) is 19.7 Å². The molecule has 1 fully saturated rings. The zero-order chi connectivity index (χ0) is 17.4. The average molecular weight is 402 g/mol. The zero-order valence-electron chi connectivity index (χ0n) is 11.6. The molecule has 0 aliphatic carbocycles. The van der Waals surface area contributed by atoms with Crippen LogP contribution in [0.4, 0.5) is 0 Å². The van der Waals surface area contributed by atoms with Gasteiger partial charge in [0, 0.05) is 6.04 Å². The number of carboxylic acid groups (broad SMARTS) is 1. The van der Waals surface area contributed by atoms with Gasteiger partial charge >= 0.3 is 5.97 Å². The molecule has 11 heteroatoms. The summed E-state index contributed by atoms with van der Waals surface area (Å²) in [4.78, 5) is 10.5. The Morgan fingerprint density at radius 3 is 2.48 bits per heavy atom. The summed E-state index contributed by atoms with van der Waals surface area (Å²) in [6.45, 7) is -0.534. The second kappa shape index (κ2) is 6.56. The van der Waals surface area contributed by atoms with Gasteiger partial charge < -0.3 is 10.4 Å². The molecule has 2 atom stereocenters. The number of rotatable bonds is 5. The average Bonchev–Trinajstić information content (AvgIpc) is 2.75. The molecular weight excluding hydrogens is 389 g/mol. The zero-order valence-corrected chi connectivity index (χ0v) is 14.7. The summed E-state index contributed by atoms with van der Waals surface area (Å²) in [6.07, 6.45) is 0. The van der Waals surface area contributed by atoms with Gasteiger partial charge in [-0.3, -0.25) is 4.79 Å². The van der Waals surface area contributed by atoms with E-state index in [1.165, 1.54) is 12.1 Å². The van der Waals surface area contributed by atoms with E-state index in [2.05, 4.69) is 5.32 Å². The van der Waals surface area contributed by atoms with Crippen LogP contribution in [0.5, 0.6) is 0 Å². The summed E-state index contributed by atoms with van der Waals surface area (Å²) in [7, 11) is -7.62. The normalized spacial score (nSPS) is 23.7. The number of hydrogen-bond acceptors (Lipinski definition) is 6. The fourth-order valence-electron chi connectivity index (χ4n) is 2.36. The quantitative estimate of drug-likeness (QED) is 0.741. The molecule has 0 saturated carbocycles. The lowest BCUT2D eigenvalue weighted by Crippen LogP contribution is -2.45. The van der Waals surface area contributed by atoms with Crippen LogP contribution in [0.1, 0.15) is 0 Å². The first kappa shape index (κ1) is 18.5. The summed E-state index contributed by atoms with van der Waals surface area (Å²) in [6, 6.07) is 2.69. The van der Waals surface area contributed by atoms with Crippen LogP contribution in [-0.4, -0.2) is 57.3 Å². The van der Waals surface area contributed by atoms with Gasteiger partial charge in [-0.25, -0.2) is 16.8 Å². The maximum Gasteiger partial charge on any atom is 0.317 e. The number of sulfone groups is 2. The van der Waals surface area contributed by atoms with E-state index in [-0.39, 0.29) is 14.9 Å². The Hall–Kier alpha value is -0.870. The largest absolute Gasteiger partial charge is 0.480 e. The number of aliphatic carboxylic acids is 1. The van der Waals surface area contributed by atoms with E-state index in [1.54, 1.807) is 0 Å². The van der Waals surface area contributed by atoms with Crippen LogP contribution in [0.3, 0.4) is 0 Å². The Balaban J connectivity index is 2.38. The minimum atomic E-state index is -4.02. The van der Waals surface area contributed by atoms with Crippen molar-refractivity contribution in [2.24, 2.45) is 0 Å². The second-order valence-electron chi connectivity index (χ2n) is 5.12. The summed E-state index contributed by atoms with van der Waals surface area (Å²) in [5.74, 6) is -2.22. The molecule has 1 aromatic carbocycles. The Morgan fingerprint density at radius 2 is 1.91 bits per heavy atom. The molecule has 0 aromatic heterocycles. The van der Waals surface area contributed by atoms with Crippen LogP contribution in [-0.2, 0) is 24.5 Å². The maximum atomic E-state index is 12.7. The van der Waals surface area contributed by atoms with Crippen LogP contribution in [0, 0.1) is 0 Å². The molecule has 1 aliphatic rings. The number of carbonyl (C=O) groups is 1. The van der Waals surface area contributed by atoms with Gasteiger partial charge in [0.2, 0.25) is 0 Å². The smallest absolute Gasteiger partial charge is 0.317 e. The van der Waals surface area contributed by atoms with Gasteiger partial charge in [-0.1, -0.05) is 23.2 Å². The molecule has 1 heterocycles. The first-order valence-corrected chi connectivity index (χ1v) is 10.5. The Labute approximate surface area is 143 Å². The van der Waals surface area contributed by atoms with Crippen molar-refractivity contribution in [3.05, 3.63) is 28.2 Å². The fraction of sp³-hybridized carbons (Fsp3) is 0.417. The highest BCUT2D eigenvalue weighted by molar-refractivity contribution is 7.96. The van der Waals surface area contributed by atoms with E-state index >= 15 is 0 Å². The van der Waals surface area contributed by atoms with Crippen LogP contribution in [0.15, 0.2) is 23.1 Å². The first-order chi connectivity index (χ1) is 10.5. The van der Waals surface area contributed by atoms with Crippen molar-refractivity contribution in [3.8, 4) is 0 Å². The molecule has 2 N–H and O–H groups in total. The third kappa shape index (κ3) is 4.16. The standard InChI is InChI=1S/C12H13Cl2NO6S2/c13-8-2-1-7(3-9(8)14)23(20,21)11-6-22(18,19)5-10(11)15-4-12(16)17/h1-3,10-11,15H,4-6H2,(H,16,17)/t10-,11-/m0/s1. The molecule has 0 unspecified atom stereocenters. The molecule has 0 spiro atoms. The molecule has 2 rings (SSSR count). The second-order valence-corrected chi connectivity index (χ2v) is 10.3. The number of hydrogen-bond donors (Lipinski definition) is 2. The molecule has 128 valence electrons. The lowest BCUT2D eigenvalue weighted by molar-refractivity contribution is -0.136. The highest BCUT2D eigenvalue weighted by Crippen LogP contribution is 2.30. The number of benzene rings is 1. The van der Waals surface area contributed by atoms with Crippen molar-refractivity contribution >= 4 is 48.8 Å². The van der Waals surface area contributed by atoms with E-state index in [9.17, 15) is 21.6 Å². The predicted octanol–water partition coefficient (Wildman–Crippen LogP) is 0.607. The predicted molar refractivity (Wildman–Crippen MR) is 85.5 cm³/mol. The van der Waals surface area contributed by atoms with Crippen molar-refractivity contribution in [1.82, 2.24) is 5.32 Å². The van der Waals surface area contributed by atoms with Gasteiger partial charge in [-0.05, 0) is 18.2 Å². The van der Waals surface area contributed by atoms with E-state index in [0.29, 0.717) is 0 Å². The van der Waals surface area contributed by atoms with Gasteiger partial charge in [-0.15, -0.1) is 0 Å². The van der Waals surface area contributed by atoms with Gasteiger partial charge in [0.05, 0.1) is 38.2 Å². The molecule has 1 saturated heterocycles. The van der Waals surface area contributed by atoms with E-state index in [0.717, 1.165) is 6.07 Å². The lowest BCUT2D eigenvalue weighted by atomic mass is 10.2. The number of nitrogens with one attached hydrogen (secondary N) is 1. The van der Waals surface area contributed by atoms with Gasteiger partial charge in [0.1, 0.15) is 0 Å². The van der Waals surface area contributed by atoms with Crippen LogP contribution in [0.25, 0.3) is 0 Å². The summed E-state index contributed by atoms with van der Waals surface area (Å²) in [5, 5.41) is 10.1. The molecule has 0 bridgehead atoms. The van der Waals surface area contributed by atoms with E-state index < -0.39 is 55.0 Å². The lowest BCUT2D eigenvalue weighted by Gasteiger charge is -2.19. The van der Waals surface area contributed by atoms with E-state index in [4.69, 9.17) is 28.3 Å². The third-order valence-corrected chi connectivity index (χ3v) is 8.32. The van der Waals surface area contributed by atoms with Crippen molar-refractivity contribution in [1.29, 1.82) is 0 Å². The van der Waals surface area contributed by atoms with Crippen LogP contribution < -0.4 is 5.32 Å². The van der Waals surface area contributed by atoms with Crippen LogP contribution >= 0.6 is 23.2 Å². The SMILES string of the molecule is O=C(O)CN[C@H]1CS(=O)(=O)C[C@@H]1S(=O)(=O)c1ccc(Cl)c(Cl)c1. The molecule has 1 aromatic rings. The first-order valence-electron chi connectivity index (χ1n) is 6.37. The Morgan fingerprint density at radius 1 is 1.26 bits per heavy atom. The van der Waals surface area contributed by atoms with Crippen molar-refractivity contribution in [3.63, 3.8) is 0 Å². The summed E-state index contributed by atoms with van der Waals surface area (Å²) in [5.41, 5.74) is 0. The molecule has 0 radical (unpaired) electrons. The highest BCUT2D eigenvalue weighted by Gasteiger charge is 2.45. The number of halogens is 2. The maximum absolute atomic E-state index is 12.7. The number of carboxylic acids is 1. The van der Waals surface area contributed by atoms with E-state index in [1.807, 2.05) is 0 Å². The summed E-state index contributed by atoms with van der Waals surface area (Å²) >= 11 is 11.6. The monoisotopic (exact) mass is 401 g/mol. The molecule has 23 heavy (non-hydrogen) atoms. The van der Waals surface area contributed by atoms with Gasteiger partial charge in [0.25, 0.3) is 0 Å². The highest BCUT2D eigenvalue weighted by atomic mass is 35.5. The minimum absolute atomic E-state index is 0.0311. The van der Waals surface area contributed by atoms with Crippen molar-refractivity contribution < 1.29 is 26.7 Å². The van der Waals surface area contributed by atoms with Gasteiger partial charge in [-0.2, -0.15) is 0 Å². The van der Waals surface area contributed by atoms with Crippen molar-refractivity contribution in [2.75, 3.05) is 18.1 Å². The Bertz CT molecular complexity index is 837. The Kier molecular flexibility index (Phi) is 5.27. The molecule has 0 amide bonds. The van der Waals surface area contributed by atoms with Crippen molar-refractivity contribution in [2.45, 2.75) is 16.2 Å². The minimum Gasteiger partial charge on any atom is -0.480 e. The topological polar surface area (TPSA) is 118 Å². The summed E-state index contributed by atoms with van der Waals surface area (Å²) < 4.78 is 49.0. The molecule has 7 nitrogen and oxygen atoms in total. The fourth-order valence-corrected chi connectivity index (χ4v) is 7.46. The molecular formula is C12H13Cl2NO6S2. The van der Waals surface area contributed by atoms with Crippen LogP contribution in [0.2, 0.25) is 10.0 Å². The molecule has 1 aliphatic heterocycles.